The van der Waals surface area contributed by atoms with Gasteiger partial charge in [-0.2, -0.15) is 16.7 Å². The van der Waals surface area contributed by atoms with Crippen molar-refractivity contribution < 1.29 is 9.63 Å². The number of hydrogen-bond donors (Lipinski definition) is 1. The second-order valence-electron chi connectivity index (χ2n) is 3.98. The van der Waals surface area contributed by atoms with E-state index >= 15 is 0 Å². The minimum absolute atomic E-state index is 0.0556. The molecule has 0 spiro atoms. The summed E-state index contributed by atoms with van der Waals surface area (Å²) in [6.07, 6.45) is 2.05. The molecule has 14 heavy (non-hydrogen) atoms. The van der Waals surface area contributed by atoms with Crippen LogP contribution in [0.1, 0.15) is 36.4 Å². The van der Waals surface area contributed by atoms with E-state index in [9.17, 15) is 5.11 Å². The van der Waals surface area contributed by atoms with Crippen molar-refractivity contribution in [1.82, 2.24) is 10.1 Å². The monoisotopic (exact) mass is 212 g/mol. The molecule has 0 radical (unpaired) electrons. The maximum absolute atomic E-state index is 9.66. The van der Waals surface area contributed by atoms with Gasteiger partial charge in [-0.3, -0.25) is 0 Å². The van der Waals surface area contributed by atoms with Crippen LogP contribution < -0.4 is 0 Å². The number of aliphatic hydroxyl groups excluding tert-OH is 1. The fourth-order valence-corrected chi connectivity index (χ4v) is 2.91. The SMILES string of the molecule is OC1CSCC1c1nc(C2CC2)no1. The highest BCUT2D eigenvalue weighted by Crippen LogP contribution is 2.39. The summed E-state index contributed by atoms with van der Waals surface area (Å²) in [5.41, 5.74) is 0. The van der Waals surface area contributed by atoms with Gasteiger partial charge in [0.15, 0.2) is 5.82 Å². The number of nitrogens with zero attached hydrogens (tertiary/aromatic N) is 2. The van der Waals surface area contributed by atoms with Gasteiger partial charge in [0, 0.05) is 17.4 Å². The Kier molecular flexibility index (Phi) is 2.02. The van der Waals surface area contributed by atoms with Crippen molar-refractivity contribution >= 4 is 11.8 Å². The van der Waals surface area contributed by atoms with Crippen molar-refractivity contribution in [3.05, 3.63) is 11.7 Å². The molecule has 1 saturated carbocycles. The van der Waals surface area contributed by atoms with Crippen LogP contribution in [0, 0.1) is 0 Å². The largest absolute Gasteiger partial charge is 0.391 e. The van der Waals surface area contributed by atoms with Gasteiger partial charge < -0.3 is 9.63 Å². The summed E-state index contributed by atoms with van der Waals surface area (Å²) < 4.78 is 5.19. The van der Waals surface area contributed by atoms with Crippen LogP contribution in [0.25, 0.3) is 0 Å². The van der Waals surface area contributed by atoms with Crippen molar-refractivity contribution in [3.63, 3.8) is 0 Å². The Morgan fingerprint density at radius 3 is 2.86 bits per heavy atom. The number of aliphatic hydroxyl groups is 1. The predicted octanol–water partition coefficient (Wildman–Crippen LogP) is 1.14. The number of hydrogen-bond acceptors (Lipinski definition) is 5. The normalized spacial score (nSPS) is 32.4. The van der Waals surface area contributed by atoms with Crippen molar-refractivity contribution in [3.8, 4) is 0 Å². The summed E-state index contributed by atoms with van der Waals surface area (Å²) in [7, 11) is 0. The first kappa shape index (κ1) is 8.73. The third kappa shape index (κ3) is 1.44. The van der Waals surface area contributed by atoms with E-state index in [2.05, 4.69) is 10.1 Å². The van der Waals surface area contributed by atoms with Crippen molar-refractivity contribution in [2.75, 3.05) is 11.5 Å². The van der Waals surface area contributed by atoms with Crippen molar-refractivity contribution in [1.29, 1.82) is 0 Å². The second kappa shape index (κ2) is 3.24. The first-order valence-corrected chi connectivity index (χ1v) is 6.09. The van der Waals surface area contributed by atoms with E-state index in [0.29, 0.717) is 11.8 Å². The van der Waals surface area contributed by atoms with Gasteiger partial charge in [0.1, 0.15) is 0 Å². The lowest BCUT2D eigenvalue weighted by atomic mass is 10.1. The standard InChI is InChI=1S/C9H12N2O2S/c12-7-4-14-3-6(7)9-10-8(11-13-9)5-1-2-5/h5-7,12H,1-4H2. The molecule has 1 saturated heterocycles. The molecule has 0 bridgehead atoms. The summed E-state index contributed by atoms with van der Waals surface area (Å²) >= 11 is 1.74. The number of thioether (sulfide) groups is 1. The lowest BCUT2D eigenvalue weighted by molar-refractivity contribution is 0.164. The fourth-order valence-electron chi connectivity index (χ4n) is 1.68. The molecule has 3 rings (SSSR count). The number of aromatic nitrogens is 2. The van der Waals surface area contributed by atoms with Crippen molar-refractivity contribution in [2.45, 2.75) is 30.8 Å². The average Bonchev–Trinajstić information content (AvgIpc) is 2.75. The quantitative estimate of drug-likeness (QED) is 0.796. The predicted molar refractivity (Wildman–Crippen MR) is 52.3 cm³/mol. The summed E-state index contributed by atoms with van der Waals surface area (Å²) in [6.45, 7) is 0. The summed E-state index contributed by atoms with van der Waals surface area (Å²) in [4.78, 5) is 4.35. The molecular formula is C9H12N2O2S. The molecule has 5 heteroatoms. The molecule has 0 amide bonds. The minimum Gasteiger partial charge on any atom is -0.391 e. The highest BCUT2D eigenvalue weighted by molar-refractivity contribution is 7.99. The summed E-state index contributed by atoms with van der Waals surface area (Å²) in [5, 5.41) is 13.6. The molecule has 2 fully saturated rings. The van der Waals surface area contributed by atoms with E-state index < -0.39 is 0 Å². The molecule has 1 aliphatic heterocycles. The van der Waals surface area contributed by atoms with E-state index in [1.165, 1.54) is 12.8 Å². The lowest BCUT2D eigenvalue weighted by Gasteiger charge is -2.06. The summed E-state index contributed by atoms with van der Waals surface area (Å²) in [5.74, 6) is 3.73. The Morgan fingerprint density at radius 2 is 2.21 bits per heavy atom. The molecule has 1 aromatic heterocycles. The van der Waals surface area contributed by atoms with E-state index in [-0.39, 0.29) is 12.0 Å². The van der Waals surface area contributed by atoms with E-state index in [4.69, 9.17) is 4.52 Å². The zero-order valence-electron chi connectivity index (χ0n) is 7.72. The molecule has 1 aliphatic carbocycles. The molecule has 2 heterocycles. The zero-order valence-corrected chi connectivity index (χ0v) is 8.54. The van der Waals surface area contributed by atoms with Crippen molar-refractivity contribution in [2.24, 2.45) is 0 Å². The maximum Gasteiger partial charge on any atom is 0.233 e. The van der Waals surface area contributed by atoms with Crippen LogP contribution in [0.2, 0.25) is 0 Å². The fraction of sp³-hybridized carbons (Fsp3) is 0.778. The molecule has 1 aromatic rings. The van der Waals surface area contributed by atoms with E-state index in [0.717, 1.165) is 17.3 Å². The van der Waals surface area contributed by atoms with Crippen LogP contribution >= 0.6 is 11.8 Å². The van der Waals surface area contributed by atoms with E-state index in [1.54, 1.807) is 11.8 Å². The van der Waals surface area contributed by atoms with Gasteiger partial charge in [-0.25, -0.2) is 0 Å². The van der Waals surface area contributed by atoms with Crippen LogP contribution in [0.4, 0.5) is 0 Å². The van der Waals surface area contributed by atoms with Gasteiger partial charge in [-0.15, -0.1) is 0 Å². The summed E-state index contributed by atoms with van der Waals surface area (Å²) in [6, 6.07) is 0. The topological polar surface area (TPSA) is 59.2 Å². The molecule has 4 nitrogen and oxygen atoms in total. The molecule has 76 valence electrons. The Labute approximate surface area is 86.1 Å². The second-order valence-corrected chi connectivity index (χ2v) is 5.05. The van der Waals surface area contributed by atoms with E-state index in [1.807, 2.05) is 0 Å². The van der Waals surface area contributed by atoms with Crippen LogP contribution in [-0.2, 0) is 0 Å². The van der Waals surface area contributed by atoms with Gasteiger partial charge in [-0.05, 0) is 12.8 Å². The minimum atomic E-state index is -0.312. The first-order valence-electron chi connectivity index (χ1n) is 4.94. The molecule has 2 aliphatic rings. The Balaban J connectivity index is 1.81. The van der Waals surface area contributed by atoms with Gasteiger partial charge in [-0.1, -0.05) is 5.16 Å². The van der Waals surface area contributed by atoms with Crippen LogP contribution in [0.3, 0.4) is 0 Å². The first-order chi connectivity index (χ1) is 6.84. The van der Waals surface area contributed by atoms with Gasteiger partial charge in [0.05, 0.1) is 12.0 Å². The Bertz CT molecular complexity index is 337. The van der Waals surface area contributed by atoms with Gasteiger partial charge >= 0.3 is 0 Å². The highest BCUT2D eigenvalue weighted by Gasteiger charge is 2.34. The molecule has 2 unspecified atom stereocenters. The molecule has 2 atom stereocenters. The Morgan fingerprint density at radius 1 is 1.36 bits per heavy atom. The lowest BCUT2D eigenvalue weighted by Crippen LogP contribution is -2.15. The smallest absolute Gasteiger partial charge is 0.233 e. The third-order valence-corrected chi connectivity index (χ3v) is 3.94. The maximum atomic E-state index is 9.66. The van der Waals surface area contributed by atoms with Crippen LogP contribution in [-0.4, -0.2) is 32.9 Å². The number of rotatable bonds is 2. The molecule has 1 N–H and O–H groups in total. The Hall–Kier alpha value is -0.550. The highest BCUT2D eigenvalue weighted by atomic mass is 32.2. The van der Waals surface area contributed by atoms with Gasteiger partial charge in [0.25, 0.3) is 0 Å². The average molecular weight is 212 g/mol. The molecule has 0 aromatic carbocycles. The van der Waals surface area contributed by atoms with Gasteiger partial charge in [0.2, 0.25) is 5.89 Å². The van der Waals surface area contributed by atoms with Crippen LogP contribution in [0.15, 0.2) is 4.52 Å². The van der Waals surface area contributed by atoms with Crippen LogP contribution in [0.5, 0.6) is 0 Å². The zero-order chi connectivity index (χ0) is 9.54. The molecular weight excluding hydrogens is 200 g/mol. The third-order valence-electron chi connectivity index (χ3n) is 2.77.